The van der Waals surface area contributed by atoms with Crippen LogP contribution in [-0.2, 0) is 6.54 Å². The van der Waals surface area contributed by atoms with Gasteiger partial charge in [0, 0.05) is 18.8 Å². The highest BCUT2D eigenvalue weighted by atomic mass is 14.9. The van der Waals surface area contributed by atoms with Gasteiger partial charge in [-0.25, -0.2) is 0 Å². The van der Waals surface area contributed by atoms with Crippen LogP contribution in [0.1, 0.15) is 52.1 Å². The Bertz CT molecular complexity index is 345. The largest absolute Gasteiger partial charge is 0.308 e. The summed E-state index contributed by atoms with van der Waals surface area (Å²) in [6, 6.07) is 6.80. The maximum atomic E-state index is 4.35. The molecule has 2 heteroatoms. The van der Waals surface area contributed by atoms with Crippen molar-refractivity contribution in [2.75, 3.05) is 0 Å². The zero-order valence-corrected chi connectivity index (χ0v) is 11.9. The zero-order valence-electron chi connectivity index (χ0n) is 11.9. The van der Waals surface area contributed by atoms with E-state index in [-0.39, 0.29) is 0 Å². The Balaban J connectivity index is 1.74. The number of hydrogen-bond acceptors (Lipinski definition) is 2. The van der Waals surface area contributed by atoms with E-state index in [9.17, 15) is 0 Å². The Morgan fingerprint density at radius 2 is 1.89 bits per heavy atom. The topological polar surface area (TPSA) is 24.9 Å². The molecule has 0 bridgehead atoms. The van der Waals surface area contributed by atoms with Crippen LogP contribution in [0.2, 0.25) is 0 Å². The van der Waals surface area contributed by atoms with Gasteiger partial charge < -0.3 is 5.32 Å². The molecule has 0 saturated heterocycles. The maximum Gasteiger partial charge on any atom is 0.0541 e. The minimum Gasteiger partial charge on any atom is -0.308 e. The molecule has 2 rings (SSSR count). The number of aromatic nitrogens is 1. The van der Waals surface area contributed by atoms with Crippen LogP contribution in [0, 0.1) is 11.3 Å². The smallest absolute Gasteiger partial charge is 0.0541 e. The van der Waals surface area contributed by atoms with Gasteiger partial charge in [0.2, 0.25) is 0 Å². The second-order valence-corrected chi connectivity index (χ2v) is 6.62. The number of pyridine rings is 1. The minimum atomic E-state index is 0.478. The Morgan fingerprint density at radius 3 is 2.44 bits per heavy atom. The molecule has 1 aromatic rings. The summed E-state index contributed by atoms with van der Waals surface area (Å²) < 4.78 is 0. The molecule has 0 unspecified atom stereocenters. The van der Waals surface area contributed by atoms with Crippen molar-refractivity contribution in [1.29, 1.82) is 0 Å². The Hall–Kier alpha value is -0.890. The van der Waals surface area contributed by atoms with Crippen LogP contribution in [0.5, 0.6) is 0 Å². The summed E-state index contributed by atoms with van der Waals surface area (Å²) in [6.45, 7) is 8.03. The van der Waals surface area contributed by atoms with Gasteiger partial charge in [0.05, 0.1) is 5.69 Å². The molecule has 1 aliphatic rings. The van der Waals surface area contributed by atoms with E-state index in [1.54, 1.807) is 0 Å². The summed E-state index contributed by atoms with van der Waals surface area (Å²) in [7, 11) is 0. The lowest BCUT2D eigenvalue weighted by molar-refractivity contribution is 0.159. The first-order valence-corrected chi connectivity index (χ1v) is 7.19. The third kappa shape index (κ3) is 3.81. The van der Waals surface area contributed by atoms with Gasteiger partial charge in [-0.05, 0) is 49.1 Å². The first kappa shape index (κ1) is 13.5. The quantitative estimate of drug-likeness (QED) is 0.878. The first-order chi connectivity index (χ1) is 8.55. The molecule has 1 fully saturated rings. The van der Waals surface area contributed by atoms with Crippen molar-refractivity contribution in [3.05, 3.63) is 30.1 Å². The second-order valence-electron chi connectivity index (χ2n) is 6.62. The summed E-state index contributed by atoms with van der Waals surface area (Å²) >= 11 is 0. The molecule has 0 aliphatic heterocycles. The lowest BCUT2D eigenvalue weighted by Crippen LogP contribution is -2.36. The average molecular weight is 246 g/mol. The molecule has 1 heterocycles. The van der Waals surface area contributed by atoms with Crippen molar-refractivity contribution in [1.82, 2.24) is 10.3 Å². The molecule has 0 amide bonds. The third-order valence-corrected chi connectivity index (χ3v) is 4.25. The van der Waals surface area contributed by atoms with Gasteiger partial charge >= 0.3 is 0 Å². The van der Waals surface area contributed by atoms with Crippen LogP contribution < -0.4 is 5.32 Å². The Morgan fingerprint density at radius 1 is 1.17 bits per heavy atom. The average Bonchev–Trinajstić information content (AvgIpc) is 2.37. The highest BCUT2D eigenvalue weighted by molar-refractivity contribution is 5.03. The highest BCUT2D eigenvalue weighted by Crippen LogP contribution is 2.37. The van der Waals surface area contributed by atoms with E-state index in [2.05, 4.69) is 43.2 Å². The normalized spacial score (nSPS) is 25.1. The van der Waals surface area contributed by atoms with Crippen molar-refractivity contribution in [2.24, 2.45) is 11.3 Å². The molecule has 0 atom stereocenters. The van der Waals surface area contributed by atoms with E-state index in [1.807, 2.05) is 12.3 Å². The molecule has 18 heavy (non-hydrogen) atoms. The van der Waals surface area contributed by atoms with Gasteiger partial charge in [-0.3, -0.25) is 4.98 Å². The summed E-state index contributed by atoms with van der Waals surface area (Å²) in [5, 5.41) is 3.65. The predicted octanol–water partition coefficient (Wildman–Crippen LogP) is 3.78. The fourth-order valence-electron chi connectivity index (χ4n) is 2.92. The van der Waals surface area contributed by atoms with Crippen LogP contribution in [0.4, 0.5) is 0 Å². The zero-order chi connectivity index (χ0) is 13.0. The summed E-state index contributed by atoms with van der Waals surface area (Å²) in [6.07, 6.45) is 7.23. The van der Waals surface area contributed by atoms with Gasteiger partial charge in [-0.1, -0.05) is 26.8 Å². The molecule has 0 radical (unpaired) electrons. The lowest BCUT2D eigenvalue weighted by atomic mass is 9.71. The Labute approximate surface area is 111 Å². The number of rotatable bonds is 3. The van der Waals surface area contributed by atoms with Crippen LogP contribution in [0.25, 0.3) is 0 Å². The minimum absolute atomic E-state index is 0.478. The van der Waals surface area contributed by atoms with Crippen LogP contribution in [0.15, 0.2) is 24.4 Å². The molecule has 2 nitrogen and oxygen atoms in total. The maximum absolute atomic E-state index is 4.35. The summed E-state index contributed by atoms with van der Waals surface area (Å²) in [5.41, 5.74) is 1.63. The van der Waals surface area contributed by atoms with E-state index in [0.29, 0.717) is 11.5 Å². The van der Waals surface area contributed by atoms with Crippen molar-refractivity contribution < 1.29 is 0 Å². The van der Waals surface area contributed by atoms with Crippen molar-refractivity contribution in [2.45, 2.75) is 59.0 Å². The number of nitrogens with zero attached hydrogens (tertiary/aromatic N) is 1. The van der Waals surface area contributed by atoms with Gasteiger partial charge in [-0.15, -0.1) is 0 Å². The van der Waals surface area contributed by atoms with Crippen LogP contribution in [-0.4, -0.2) is 11.0 Å². The lowest BCUT2D eigenvalue weighted by Gasteiger charge is -2.37. The third-order valence-electron chi connectivity index (χ3n) is 4.25. The summed E-state index contributed by atoms with van der Waals surface area (Å²) in [4.78, 5) is 4.35. The first-order valence-electron chi connectivity index (χ1n) is 7.19. The number of hydrogen-bond donors (Lipinski definition) is 1. The molecule has 0 aromatic carbocycles. The van der Waals surface area contributed by atoms with E-state index in [1.165, 1.54) is 25.7 Å². The molecule has 0 spiro atoms. The molecule has 1 aliphatic carbocycles. The molecule has 1 aromatic heterocycles. The molecular formula is C16H26N2. The van der Waals surface area contributed by atoms with E-state index < -0.39 is 0 Å². The molecule has 1 saturated carbocycles. The molecule has 1 N–H and O–H groups in total. The van der Waals surface area contributed by atoms with E-state index in [4.69, 9.17) is 0 Å². The van der Waals surface area contributed by atoms with Crippen LogP contribution >= 0.6 is 0 Å². The fraction of sp³-hybridized carbons (Fsp3) is 0.688. The van der Waals surface area contributed by atoms with Crippen molar-refractivity contribution in [3.8, 4) is 0 Å². The van der Waals surface area contributed by atoms with Gasteiger partial charge in [0.1, 0.15) is 0 Å². The fourth-order valence-corrected chi connectivity index (χ4v) is 2.92. The predicted molar refractivity (Wildman–Crippen MR) is 76.3 cm³/mol. The monoisotopic (exact) mass is 246 g/mol. The SMILES string of the molecule is CC(C)(C)C1CCC(NCc2ccccn2)CC1. The second kappa shape index (κ2) is 5.83. The Kier molecular flexibility index (Phi) is 4.39. The van der Waals surface area contributed by atoms with Gasteiger partial charge in [0.25, 0.3) is 0 Å². The van der Waals surface area contributed by atoms with Gasteiger partial charge in [-0.2, -0.15) is 0 Å². The molecule has 100 valence electrons. The standard InChI is InChI=1S/C16H26N2/c1-16(2,3)13-7-9-14(10-8-13)18-12-15-6-4-5-11-17-15/h4-6,11,13-14,18H,7-10,12H2,1-3H3. The van der Waals surface area contributed by atoms with E-state index in [0.717, 1.165) is 18.2 Å². The van der Waals surface area contributed by atoms with Crippen molar-refractivity contribution in [3.63, 3.8) is 0 Å². The van der Waals surface area contributed by atoms with E-state index >= 15 is 0 Å². The number of nitrogens with one attached hydrogen (secondary N) is 1. The summed E-state index contributed by atoms with van der Waals surface area (Å²) in [5.74, 6) is 0.894. The van der Waals surface area contributed by atoms with Crippen LogP contribution in [0.3, 0.4) is 0 Å². The van der Waals surface area contributed by atoms with Crippen molar-refractivity contribution >= 4 is 0 Å². The molecular weight excluding hydrogens is 220 g/mol. The highest BCUT2D eigenvalue weighted by Gasteiger charge is 2.29. The van der Waals surface area contributed by atoms with Gasteiger partial charge in [0.15, 0.2) is 0 Å².